The molecule has 1 unspecified atom stereocenters. The average Bonchev–Trinajstić information content (AvgIpc) is 2.67. The summed E-state index contributed by atoms with van der Waals surface area (Å²) >= 11 is 5.99. The molecule has 3 nitrogen and oxygen atoms in total. The summed E-state index contributed by atoms with van der Waals surface area (Å²) in [4.78, 5) is 5.56. The van der Waals surface area contributed by atoms with E-state index in [1.165, 1.54) is 0 Å². The first-order valence-electron chi connectivity index (χ1n) is 5.29. The van der Waals surface area contributed by atoms with Crippen LogP contribution in [0, 0.1) is 0 Å². The van der Waals surface area contributed by atoms with E-state index in [1.807, 2.05) is 31.3 Å². The van der Waals surface area contributed by atoms with E-state index in [1.54, 1.807) is 16.3 Å². The lowest BCUT2D eigenvalue weighted by Crippen LogP contribution is -2.30. The Balaban J connectivity index is 2.43. The van der Waals surface area contributed by atoms with E-state index < -0.39 is 0 Å². The molecule has 17 heavy (non-hydrogen) atoms. The van der Waals surface area contributed by atoms with Crippen LogP contribution < -0.4 is 5.84 Å². The third-order valence-electron chi connectivity index (χ3n) is 2.56. The van der Waals surface area contributed by atoms with Crippen LogP contribution in [0.5, 0.6) is 0 Å². The van der Waals surface area contributed by atoms with E-state index in [-0.39, 0.29) is 6.04 Å². The minimum Gasteiger partial charge on any atom is -0.268 e. The fourth-order valence-corrected chi connectivity index (χ4v) is 3.14. The van der Waals surface area contributed by atoms with E-state index in [2.05, 4.69) is 24.2 Å². The van der Waals surface area contributed by atoms with Gasteiger partial charge in [0, 0.05) is 11.9 Å². The van der Waals surface area contributed by atoms with Gasteiger partial charge in [0.15, 0.2) is 0 Å². The maximum atomic E-state index is 5.84. The van der Waals surface area contributed by atoms with Crippen LogP contribution in [0.3, 0.4) is 0 Å². The van der Waals surface area contributed by atoms with E-state index in [4.69, 9.17) is 5.84 Å². The van der Waals surface area contributed by atoms with Crippen molar-refractivity contribution < 1.29 is 0 Å². The molecule has 2 rings (SSSR count). The Morgan fingerprint density at radius 1 is 1.65 bits per heavy atom. The fraction of sp³-hybridized carbons (Fsp3) is 0.250. The predicted molar refractivity (Wildman–Crippen MR) is 76.4 cm³/mol. The van der Waals surface area contributed by atoms with Crippen molar-refractivity contribution in [2.24, 2.45) is 5.84 Å². The van der Waals surface area contributed by atoms with Gasteiger partial charge in [0.25, 0.3) is 0 Å². The number of fused-ring (bicyclic) bond motifs is 1. The quantitative estimate of drug-likeness (QED) is 0.386. The van der Waals surface area contributed by atoms with Crippen LogP contribution in [0.4, 0.5) is 0 Å². The lowest BCUT2D eigenvalue weighted by atomic mass is 10.2. The summed E-state index contributed by atoms with van der Waals surface area (Å²) in [5, 5.41) is 2.70. The number of hydrogen-bond donors (Lipinski definition) is 2. The molecule has 0 bridgehead atoms. The van der Waals surface area contributed by atoms with Crippen LogP contribution in [-0.2, 0) is 0 Å². The molecule has 2 N–H and O–H groups in total. The van der Waals surface area contributed by atoms with Crippen molar-refractivity contribution in [3.05, 3.63) is 35.9 Å². The van der Waals surface area contributed by atoms with Gasteiger partial charge in [-0.2, -0.15) is 0 Å². The van der Waals surface area contributed by atoms with Gasteiger partial charge in [0.05, 0.1) is 16.3 Å². The number of benzene rings is 1. The minimum atomic E-state index is 0.0910. The van der Waals surface area contributed by atoms with Crippen molar-refractivity contribution in [1.82, 2.24) is 9.99 Å². The molecule has 0 radical (unpaired) electrons. The predicted octanol–water partition coefficient (Wildman–Crippen LogP) is 3.01. The Morgan fingerprint density at radius 2 is 2.41 bits per heavy atom. The molecule has 0 saturated heterocycles. The average molecular weight is 265 g/mol. The van der Waals surface area contributed by atoms with Crippen LogP contribution in [0.25, 0.3) is 10.2 Å². The topological polar surface area (TPSA) is 42.2 Å². The third kappa shape index (κ3) is 2.69. The largest absolute Gasteiger partial charge is 0.268 e. The van der Waals surface area contributed by atoms with E-state index in [9.17, 15) is 0 Å². The van der Waals surface area contributed by atoms with Crippen LogP contribution in [0.1, 0.15) is 17.5 Å². The first kappa shape index (κ1) is 12.6. The minimum absolute atomic E-state index is 0.0910. The van der Waals surface area contributed by atoms with Crippen molar-refractivity contribution in [3.8, 4) is 0 Å². The zero-order valence-corrected chi connectivity index (χ0v) is 11.3. The number of nitrogens with two attached hydrogens (primary N) is 1. The summed E-state index contributed by atoms with van der Waals surface area (Å²) in [6, 6.07) is 6.05. The Hall–Kier alpha value is -0.880. The zero-order chi connectivity index (χ0) is 12.4. The van der Waals surface area contributed by atoms with Crippen molar-refractivity contribution in [1.29, 1.82) is 0 Å². The summed E-state index contributed by atoms with van der Waals surface area (Å²) in [6.45, 7) is 3.76. The molecule has 0 saturated carbocycles. The number of rotatable bonds is 4. The Kier molecular flexibility index (Phi) is 3.83. The Bertz CT molecular complexity index is 534. The molecule has 5 heteroatoms. The second kappa shape index (κ2) is 5.18. The zero-order valence-electron chi connectivity index (χ0n) is 9.63. The number of thiol groups is 1. The van der Waals surface area contributed by atoms with Gasteiger partial charge in [-0.15, -0.1) is 30.5 Å². The highest BCUT2D eigenvalue weighted by atomic mass is 32.1. The van der Waals surface area contributed by atoms with Crippen molar-refractivity contribution in [2.75, 3.05) is 7.05 Å². The van der Waals surface area contributed by atoms with Crippen LogP contribution >= 0.6 is 24.0 Å². The molecule has 1 aromatic carbocycles. The van der Waals surface area contributed by atoms with Crippen LogP contribution in [0.15, 0.2) is 35.7 Å². The van der Waals surface area contributed by atoms with Gasteiger partial charge < -0.3 is 0 Å². The van der Waals surface area contributed by atoms with Gasteiger partial charge in [-0.05, 0) is 24.6 Å². The molecular formula is C12H15N3S2. The smallest absolute Gasteiger partial charge is 0.113 e. The molecule has 1 atom stereocenters. The van der Waals surface area contributed by atoms with Crippen molar-refractivity contribution in [3.63, 3.8) is 0 Å². The number of aromatic nitrogens is 1. The highest BCUT2D eigenvalue weighted by molar-refractivity contribution is 7.80. The highest BCUT2D eigenvalue weighted by Crippen LogP contribution is 2.31. The van der Waals surface area contributed by atoms with E-state index in [0.717, 1.165) is 26.5 Å². The molecule has 90 valence electrons. The molecule has 0 aliphatic carbocycles. The SMILES string of the molecule is C=CCC(c1nc2ccc(S)cc2s1)N(C)N. The third-order valence-corrected chi connectivity index (χ3v) is 3.95. The summed E-state index contributed by atoms with van der Waals surface area (Å²) < 4.78 is 1.14. The first-order valence-corrected chi connectivity index (χ1v) is 6.56. The van der Waals surface area contributed by atoms with Gasteiger partial charge >= 0.3 is 0 Å². The molecule has 0 aliphatic heterocycles. The number of thiazole rings is 1. The molecule has 0 fully saturated rings. The van der Waals surface area contributed by atoms with E-state index in [0.29, 0.717) is 0 Å². The summed E-state index contributed by atoms with van der Waals surface area (Å²) in [6.07, 6.45) is 2.66. The molecule has 1 heterocycles. The molecule has 1 aromatic heterocycles. The summed E-state index contributed by atoms with van der Waals surface area (Å²) in [5.74, 6) is 5.84. The van der Waals surface area contributed by atoms with E-state index >= 15 is 0 Å². The normalized spacial score (nSPS) is 13.2. The Morgan fingerprint density at radius 3 is 3.06 bits per heavy atom. The van der Waals surface area contributed by atoms with Crippen molar-refractivity contribution >= 4 is 34.2 Å². The Labute approximate surface area is 110 Å². The van der Waals surface area contributed by atoms with Gasteiger partial charge in [-0.1, -0.05) is 6.08 Å². The second-order valence-corrected chi connectivity index (χ2v) is 5.49. The monoisotopic (exact) mass is 265 g/mol. The standard InChI is InChI=1S/C12H15N3S2/c1-3-4-10(15(2)13)12-14-9-6-5-8(16)7-11(9)17-12/h3,5-7,10,16H,1,4,13H2,2H3. The summed E-state index contributed by atoms with van der Waals surface area (Å²) in [7, 11) is 1.85. The van der Waals surface area contributed by atoms with Crippen LogP contribution in [-0.4, -0.2) is 17.0 Å². The molecule has 2 aromatic rings. The molecule has 0 amide bonds. The molecule has 0 spiro atoms. The fourth-order valence-electron chi connectivity index (χ4n) is 1.67. The lowest BCUT2D eigenvalue weighted by molar-refractivity contribution is 0.253. The maximum Gasteiger partial charge on any atom is 0.113 e. The first-order chi connectivity index (χ1) is 8.11. The number of hydrogen-bond acceptors (Lipinski definition) is 5. The van der Waals surface area contributed by atoms with Gasteiger partial charge in [0.2, 0.25) is 0 Å². The van der Waals surface area contributed by atoms with Crippen LogP contribution in [0.2, 0.25) is 0 Å². The van der Waals surface area contributed by atoms with Crippen molar-refractivity contribution in [2.45, 2.75) is 17.4 Å². The maximum absolute atomic E-state index is 5.84. The number of hydrazine groups is 1. The summed E-state index contributed by atoms with van der Waals surface area (Å²) in [5.41, 5.74) is 0.999. The highest BCUT2D eigenvalue weighted by Gasteiger charge is 2.17. The van der Waals surface area contributed by atoms with Gasteiger partial charge in [0.1, 0.15) is 5.01 Å². The van der Waals surface area contributed by atoms with Gasteiger partial charge in [-0.25, -0.2) is 9.99 Å². The number of nitrogens with zero attached hydrogens (tertiary/aromatic N) is 2. The lowest BCUT2D eigenvalue weighted by Gasteiger charge is -2.19. The van der Waals surface area contributed by atoms with Gasteiger partial charge in [-0.3, -0.25) is 5.84 Å². The second-order valence-electron chi connectivity index (χ2n) is 3.91. The molecule has 0 aliphatic rings. The molecular weight excluding hydrogens is 250 g/mol.